The summed E-state index contributed by atoms with van der Waals surface area (Å²) in [5.74, 6) is -0.212. The molecule has 2 unspecified atom stereocenters. The van der Waals surface area contributed by atoms with Gasteiger partial charge in [-0.25, -0.2) is 5.06 Å². The first-order valence-corrected chi connectivity index (χ1v) is 10.9. The molecular weight excluding hydrogens is 282 g/mol. The minimum Gasteiger partial charge on any atom is -0.413 e. The first-order valence-electron chi connectivity index (χ1n) is 7.95. The minimum absolute atomic E-state index is 0.0791. The van der Waals surface area contributed by atoms with Crippen molar-refractivity contribution in [1.29, 1.82) is 0 Å². The van der Waals surface area contributed by atoms with Crippen LogP contribution in [-0.4, -0.2) is 36.1 Å². The molecule has 0 aromatic carbocycles. The van der Waals surface area contributed by atoms with Crippen LogP contribution in [0.5, 0.6) is 0 Å². The molecule has 5 heteroatoms. The molecule has 0 saturated carbocycles. The summed E-state index contributed by atoms with van der Waals surface area (Å²) in [4.78, 5) is 12.2. The van der Waals surface area contributed by atoms with E-state index >= 15 is 0 Å². The molecule has 2 aliphatic rings. The lowest BCUT2D eigenvalue weighted by atomic mass is 9.79. The largest absolute Gasteiger partial charge is 0.413 e. The van der Waals surface area contributed by atoms with Crippen molar-refractivity contribution < 1.29 is 14.4 Å². The van der Waals surface area contributed by atoms with E-state index in [1.165, 1.54) is 0 Å². The van der Waals surface area contributed by atoms with Crippen molar-refractivity contribution >= 4 is 14.2 Å². The molecule has 4 nitrogen and oxygen atoms in total. The molecule has 2 rings (SSSR count). The van der Waals surface area contributed by atoms with Crippen LogP contribution in [0.2, 0.25) is 18.1 Å². The summed E-state index contributed by atoms with van der Waals surface area (Å²) in [7, 11) is -1.90. The Kier molecular flexibility index (Phi) is 4.39. The summed E-state index contributed by atoms with van der Waals surface area (Å²) in [6, 6.07) is 0. The predicted octanol–water partition coefficient (Wildman–Crippen LogP) is 3.87. The fourth-order valence-electron chi connectivity index (χ4n) is 3.02. The third-order valence-corrected chi connectivity index (χ3v) is 9.85. The SMILES string of the molecule is CC(C)(C)[Si](C)(C)OC1CC(=O)N(O)C2(C=CCCC2)C1. The maximum absolute atomic E-state index is 12.2. The van der Waals surface area contributed by atoms with E-state index in [2.05, 4.69) is 39.9 Å². The maximum Gasteiger partial charge on any atom is 0.249 e. The monoisotopic (exact) mass is 311 g/mol. The number of hydrogen-bond acceptors (Lipinski definition) is 3. The Morgan fingerprint density at radius 1 is 1.43 bits per heavy atom. The summed E-state index contributed by atoms with van der Waals surface area (Å²) in [5, 5.41) is 11.3. The minimum atomic E-state index is -1.90. The van der Waals surface area contributed by atoms with Gasteiger partial charge < -0.3 is 4.43 Å². The average Bonchev–Trinajstić information content (AvgIpc) is 2.35. The van der Waals surface area contributed by atoms with Crippen LogP contribution in [0.25, 0.3) is 0 Å². The molecule has 2 atom stereocenters. The van der Waals surface area contributed by atoms with Crippen LogP contribution in [0.15, 0.2) is 12.2 Å². The summed E-state index contributed by atoms with van der Waals surface area (Å²) in [6.45, 7) is 11.0. The number of amides is 1. The average molecular weight is 311 g/mol. The molecular formula is C16H29NO3Si. The molecule has 1 heterocycles. The van der Waals surface area contributed by atoms with Gasteiger partial charge in [-0.15, -0.1) is 0 Å². The highest BCUT2D eigenvalue weighted by Crippen LogP contribution is 2.42. The highest BCUT2D eigenvalue weighted by Gasteiger charge is 2.48. The number of nitrogens with zero attached hydrogens (tertiary/aromatic N) is 1. The van der Waals surface area contributed by atoms with Gasteiger partial charge in [0.15, 0.2) is 8.32 Å². The van der Waals surface area contributed by atoms with Crippen LogP contribution in [0.1, 0.15) is 52.9 Å². The molecule has 0 aromatic rings. The summed E-state index contributed by atoms with van der Waals surface area (Å²) in [6.07, 6.45) is 7.86. The van der Waals surface area contributed by atoms with Gasteiger partial charge in [-0.3, -0.25) is 10.0 Å². The molecule has 1 aliphatic carbocycles. The highest BCUT2D eigenvalue weighted by atomic mass is 28.4. The van der Waals surface area contributed by atoms with E-state index in [1.54, 1.807) is 0 Å². The van der Waals surface area contributed by atoms with Gasteiger partial charge in [0.1, 0.15) is 0 Å². The zero-order valence-corrected chi connectivity index (χ0v) is 15.0. The number of hydrogen-bond donors (Lipinski definition) is 1. The first-order chi connectivity index (χ1) is 9.57. The summed E-state index contributed by atoms with van der Waals surface area (Å²) >= 11 is 0. The standard InChI is InChI=1S/C16H29NO3Si/c1-15(2,3)21(4,5)20-13-11-14(18)17(19)16(12-13)9-7-6-8-10-16/h7,9,13,19H,6,8,10-12H2,1-5H3. The zero-order chi connectivity index (χ0) is 15.9. The fraction of sp³-hybridized carbons (Fsp3) is 0.812. The molecule has 1 spiro atoms. The lowest BCUT2D eigenvalue weighted by Crippen LogP contribution is -2.58. The lowest BCUT2D eigenvalue weighted by Gasteiger charge is -2.48. The summed E-state index contributed by atoms with van der Waals surface area (Å²) < 4.78 is 6.44. The Labute approximate surface area is 129 Å². The Morgan fingerprint density at radius 3 is 2.62 bits per heavy atom. The van der Waals surface area contributed by atoms with Crippen molar-refractivity contribution in [2.75, 3.05) is 0 Å². The van der Waals surface area contributed by atoms with Crippen molar-refractivity contribution in [3.63, 3.8) is 0 Å². The Balaban J connectivity index is 2.18. The second-order valence-electron chi connectivity index (χ2n) is 8.01. The van der Waals surface area contributed by atoms with Crippen molar-refractivity contribution in [2.24, 2.45) is 0 Å². The number of carbonyl (C=O) groups excluding carboxylic acids is 1. The molecule has 1 fully saturated rings. The fourth-order valence-corrected chi connectivity index (χ4v) is 4.37. The molecule has 1 N–H and O–H groups in total. The second kappa shape index (κ2) is 5.52. The van der Waals surface area contributed by atoms with Gasteiger partial charge >= 0.3 is 0 Å². The molecule has 1 aliphatic heterocycles. The molecule has 0 bridgehead atoms. The highest BCUT2D eigenvalue weighted by molar-refractivity contribution is 6.74. The molecule has 1 saturated heterocycles. The number of carbonyl (C=O) groups is 1. The topological polar surface area (TPSA) is 49.8 Å². The van der Waals surface area contributed by atoms with E-state index in [9.17, 15) is 10.0 Å². The Morgan fingerprint density at radius 2 is 2.10 bits per heavy atom. The second-order valence-corrected chi connectivity index (χ2v) is 12.8. The van der Waals surface area contributed by atoms with Gasteiger partial charge in [0.2, 0.25) is 5.91 Å². The van der Waals surface area contributed by atoms with Crippen molar-refractivity contribution in [3.8, 4) is 0 Å². The number of piperidine rings is 1. The molecule has 120 valence electrons. The van der Waals surface area contributed by atoms with Gasteiger partial charge in [-0.2, -0.15) is 0 Å². The van der Waals surface area contributed by atoms with Crippen LogP contribution in [0, 0.1) is 0 Å². The van der Waals surface area contributed by atoms with E-state index < -0.39 is 13.9 Å². The van der Waals surface area contributed by atoms with Crippen molar-refractivity contribution in [1.82, 2.24) is 5.06 Å². The Hall–Kier alpha value is -0.653. The van der Waals surface area contributed by atoms with Crippen LogP contribution in [0.3, 0.4) is 0 Å². The molecule has 0 aromatic heterocycles. The van der Waals surface area contributed by atoms with Crippen molar-refractivity contribution in [2.45, 2.75) is 82.7 Å². The van der Waals surface area contributed by atoms with Crippen LogP contribution >= 0.6 is 0 Å². The first kappa shape index (κ1) is 16.7. The smallest absolute Gasteiger partial charge is 0.249 e. The van der Waals surface area contributed by atoms with E-state index in [4.69, 9.17) is 4.43 Å². The lowest BCUT2D eigenvalue weighted by molar-refractivity contribution is -0.204. The van der Waals surface area contributed by atoms with Gasteiger partial charge in [-0.1, -0.05) is 32.9 Å². The van der Waals surface area contributed by atoms with E-state index in [1.807, 2.05) is 6.08 Å². The predicted molar refractivity (Wildman–Crippen MR) is 85.7 cm³/mol. The van der Waals surface area contributed by atoms with E-state index in [0.29, 0.717) is 12.8 Å². The van der Waals surface area contributed by atoms with Gasteiger partial charge in [-0.05, 0) is 37.4 Å². The van der Waals surface area contributed by atoms with Gasteiger partial charge in [0.05, 0.1) is 18.1 Å². The van der Waals surface area contributed by atoms with Crippen LogP contribution in [0.4, 0.5) is 0 Å². The molecule has 0 radical (unpaired) electrons. The van der Waals surface area contributed by atoms with Crippen LogP contribution < -0.4 is 0 Å². The Bertz CT molecular complexity index is 441. The van der Waals surface area contributed by atoms with Crippen molar-refractivity contribution in [3.05, 3.63) is 12.2 Å². The summed E-state index contributed by atoms with van der Waals surface area (Å²) in [5.41, 5.74) is -0.541. The van der Waals surface area contributed by atoms with Gasteiger partial charge in [0.25, 0.3) is 0 Å². The zero-order valence-electron chi connectivity index (χ0n) is 14.0. The van der Waals surface area contributed by atoms with Crippen LogP contribution in [-0.2, 0) is 9.22 Å². The third-order valence-electron chi connectivity index (χ3n) is 5.32. The molecule has 21 heavy (non-hydrogen) atoms. The van der Waals surface area contributed by atoms with Gasteiger partial charge in [0, 0.05) is 6.42 Å². The third kappa shape index (κ3) is 3.25. The quantitative estimate of drug-likeness (QED) is 0.478. The molecule has 1 amide bonds. The maximum atomic E-state index is 12.2. The number of allylic oxidation sites excluding steroid dienone is 1. The number of rotatable bonds is 2. The van der Waals surface area contributed by atoms with E-state index in [0.717, 1.165) is 24.3 Å². The number of hydroxylamine groups is 2. The van der Waals surface area contributed by atoms with E-state index in [-0.39, 0.29) is 17.0 Å². The normalized spacial score (nSPS) is 31.0.